The Bertz CT molecular complexity index is 319. The molecule has 0 saturated heterocycles. The van der Waals surface area contributed by atoms with E-state index in [2.05, 4.69) is 5.92 Å². The van der Waals surface area contributed by atoms with Gasteiger partial charge in [-0.2, -0.15) is 0 Å². The van der Waals surface area contributed by atoms with Gasteiger partial charge < -0.3 is 0 Å². The van der Waals surface area contributed by atoms with Gasteiger partial charge in [-0.15, -0.1) is 6.42 Å². The number of ketones is 1. The Morgan fingerprint density at radius 1 is 1.46 bits per heavy atom. The van der Waals surface area contributed by atoms with Crippen LogP contribution in [0, 0.1) is 18.3 Å². The van der Waals surface area contributed by atoms with Crippen molar-refractivity contribution in [1.29, 1.82) is 0 Å². The third kappa shape index (κ3) is 2.76. The molecular formula is C12H12O. The lowest BCUT2D eigenvalue weighted by Gasteiger charge is -2.05. The summed E-state index contributed by atoms with van der Waals surface area (Å²) in [5.74, 6) is 2.29. The second-order valence-corrected chi connectivity index (χ2v) is 3.02. The zero-order chi connectivity index (χ0) is 9.68. The zero-order valence-corrected chi connectivity index (χ0v) is 7.66. The minimum absolute atomic E-state index is 0.0614. The monoisotopic (exact) mass is 172 g/mol. The van der Waals surface area contributed by atoms with Crippen molar-refractivity contribution in [2.75, 3.05) is 0 Å². The van der Waals surface area contributed by atoms with E-state index in [4.69, 9.17) is 6.42 Å². The second kappa shape index (κ2) is 4.47. The summed E-state index contributed by atoms with van der Waals surface area (Å²) in [5.41, 5.74) is 1.11. The summed E-state index contributed by atoms with van der Waals surface area (Å²) >= 11 is 0. The van der Waals surface area contributed by atoms with Gasteiger partial charge in [0, 0.05) is 0 Å². The van der Waals surface area contributed by atoms with Crippen molar-refractivity contribution in [1.82, 2.24) is 0 Å². The van der Waals surface area contributed by atoms with E-state index < -0.39 is 0 Å². The summed E-state index contributed by atoms with van der Waals surface area (Å²) in [7, 11) is 0. The minimum atomic E-state index is -0.276. The fourth-order valence-corrected chi connectivity index (χ4v) is 1.17. The summed E-state index contributed by atoms with van der Waals surface area (Å²) < 4.78 is 0. The molecule has 1 heteroatoms. The molecule has 0 saturated carbocycles. The molecule has 0 amide bonds. The van der Waals surface area contributed by atoms with Crippen molar-refractivity contribution in [3.8, 4) is 12.3 Å². The average Bonchev–Trinajstić information content (AvgIpc) is 2.15. The third-order valence-corrected chi connectivity index (χ3v) is 1.97. The van der Waals surface area contributed by atoms with Crippen molar-refractivity contribution < 1.29 is 4.79 Å². The number of benzene rings is 1. The lowest BCUT2D eigenvalue weighted by atomic mass is 9.97. The van der Waals surface area contributed by atoms with Crippen LogP contribution in [0.3, 0.4) is 0 Å². The van der Waals surface area contributed by atoms with Crippen LogP contribution >= 0.6 is 0 Å². The summed E-state index contributed by atoms with van der Waals surface area (Å²) in [5, 5.41) is 0. The van der Waals surface area contributed by atoms with Crippen LogP contribution in [0.5, 0.6) is 0 Å². The van der Waals surface area contributed by atoms with E-state index in [1.54, 1.807) is 0 Å². The number of carbonyl (C=O) groups is 1. The lowest BCUT2D eigenvalue weighted by molar-refractivity contribution is -0.119. The number of rotatable bonds is 3. The van der Waals surface area contributed by atoms with Crippen molar-refractivity contribution >= 4 is 5.78 Å². The van der Waals surface area contributed by atoms with Gasteiger partial charge in [0.05, 0.1) is 5.92 Å². The molecule has 0 aliphatic rings. The molecule has 1 atom stereocenters. The minimum Gasteiger partial charge on any atom is -0.299 e. The van der Waals surface area contributed by atoms with Crippen LogP contribution in [0.1, 0.15) is 12.5 Å². The molecule has 0 bridgehead atoms. The maximum Gasteiger partial charge on any atom is 0.145 e. The van der Waals surface area contributed by atoms with Crippen LogP contribution in [0.4, 0.5) is 0 Å². The molecule has 0 spiro atoms. The van der Waals surface area contributed by atoms with E-state index in [0.717, 1.165) is 5.56 Å². The number of hydrogen-bond donors (Lipinski definition) is 0. The summed E-state index contributed by atoms with van der Waals surface area (Å²) in [6, 6.07) is 9.80. The molecule has 1 unspecified atom stereocenters. The smallest absolute Gasteiger partial charge is 0.145 e. The Morgan fingerprint density at radius 2 is 2.08 bits per heavy atom. The van der Waals surface area contributed by atoms with E-state index in [1.165, 1.54) is 6.92 Å². The Hall–Kier alpha value is -1.55. The first-order valence-electron chi connectivity index (χ1n) is 4.24. The van der Waals surface area contributed by atoms with Gasteiger partial charge in [0.25, 0.3) is 0 Å². The van der Waals surface area contributed by atoms with E-state index in [0.29, 0.717) is 6.42 Å². The molecular weight excluding hydrogens is 160 g/mol. The van der Waals surface area contributed by atoms with Crippen LogP contribution < -0.4 is 0 Å². The van der Waals surface area contributed by atoms with Gasteiger partial charge in [-0.05, 0) is 18.9 Å². The molecule has 0 aromatic heterocycles. The SMILES string of the molecule is C#CC(Cc1ccccc1)C(C)=O. The van der Waals surface area contributed by atoms with Crippen LogP contribution in [0.2, 0.25) is 0 Å². The van der Waals surface area contributed by atoms with Gasteiger partial charge in [-0.25, -0.2) is 0 Å². The Balaban J connectivity index is 2.69. The van der Waals surface area contributed by atoms with Crippen molar-refractivity contribution in [2.45, 2.75) is 13.3 Å². The number of Topliss-reactive ketones (excluding diaryl/α,β-unsaturated/α-hetero) is 1. The fraction of sp³-hybridized carbons (Fsp3) is 0.250. The van der Waals surface area contributed by atoms with Gasteiger partial charge in [0.15, 0.2) is 0 Å². The Kier molecular flexibility index (Phi) is 3.28. The Labute approximate surface area is 78.8 Å². The highest BCUT2D eigenvalue weighted by Gasteiger charge is 2.10. The summed E-state index contributed by atoms with van der Waals surface area (Å²) in [4.78, 5) is 11.0. The predicted octanol–water partition coefficient (Wildman–Crippen LogP) is 2.07. The molecule has 0 fully saturated rings. The first-order valence-corrected chi connectivity index (χ1v) is 4.24. The number of hydrogen-bond acceptors (Lipinski definition) is 1. The molecule has 13 heavy (non-hydrogen) atoms. The fourth-order valence-electron chi connectivity index (χ4n) is 1.17. The summed E-state index contributed by atoms with van der Waals surface area (Å²) in [6.45, 7) is 1.54. The second-order valence-electron chi connectivity index (χ2n) is 3.02. The molecule has 0 radical (unpaired) electrons. The molecule has 66 valence electrons. The molecule has 1 aromatic rings. The highest BCUT2D eigenvalue weighted by Crippen LogP contribution is 2.08. The maximum absolute atomic E-state index is 11.0. The molecule has 0 aliphatic carbocycles. The van der Waals surface area contributed by atoms with Crippen LogP contribution in [-0.4, -0.2) is 5.78 Å². The first kappa shape index (κ1) is 9.54. The quantitative estimate of drug-likeness (QED) is 0.638. The largest absolute Gasteiger partial charge is 0.299 e. The van der Waals surface area contributed by atoms with Gasteiger partial charge in [0.2, 0.25) is 0 Å². The van der Waals surface area contributed by atoms with Gasteiger partial charge in [-0.1, -0.05) is 36.3 Å². The molecule has 1 rings (SSSR count). The average molecular weight is 172 g/mol. The van der Waals surface area contributed by atoms with Crippen LogP contribution in [0.15, 0.2) is 30.3 Å². The maximum atomic E-state index is 11.0. The molecule has 0 heterocycles. The van der Waals surface area contributed by atoms with E-state index in [1.807, 2.05) is 30.3 Å². The van der Waals surface area contributed by atoms with Gasteiger partial charge in [0.1, 0.15) is 5.78 Å². The van der Waals surface area contributed by atoms with Crippen LogP contribution in [-0.2, 0) is 11.2 Å². The van der Waals surface area contributed by atoms with Crippen molar-refractivity contribution in [2.24, 2.45) is 5.92 Å². The van der Waals surface area contributed by atoms with Gasteiger partial charge >= 0.3 is 0 Å². The predicted molar refractivity (Wildman–Crippen MR) is 53.2 cm³/mol. The molecule has 1 nitrogen and oxygen atoms in total. The first-order chi connectivity index (χ1) is 6.24. The third-order valence-electron chi connectivity index (χ3n) is 1.97. The Morgan fingerprint density at radius 3 is 2.54 bits per heavy atom. The zero-order valence-electron chi connectivity index (χ0n) is 7.66. The highest BCUT2D eigenvalue weighted by atomic mass is 16.1. The molecule has 0 N–H and O–H groups in total. The lowest BCUT2D eigenvalue weighted by Crippen LogP contribution is -2.11. The van der Waals surface area contributed by atoms with Crippen molar-refractivity contribution in [3.05, 3.63) is 35.9 Å². The van der Waals surface area contributed by atoms with E-state index in [9.17, 15) is 4.79 Å². The van der Waals surface area contributed by atoms with Crippen LogP contribution in [0.25, 0.3) is 0 Å². The number of carbonyl (C=O) groups excluding carboxylic acids is 1. The number of terminal acetylenes is 1. The normalized spacial score (nSPS) is 11.7. The van der Waals surface area contributed by atoms with Gasteiger partial charge in [-0.3, -0.25) is 4.79 Å². The van der Waals surface area contributed by atoms with E-state index >= 15 is 0 Å². The molecule has 0 aliphatic heterocycles. The standard InChI is InChI=1S/C12H12O/c1-3-12(10(2)13)9-11-7-5-4-6-8-11/h1,4-8,12H,9H2,2H3. The highest BCUT2D eigenvalue weighted by molar-refractivity contribution is 5.81. The topological polar surface area (TPSA) is 17.1 Å². The summed E-state index contributed by atoms with van der Waals surface area (Å²) in [6.07, 6.45) is 5.90. The van der Waals surface area contributed by atoms with E-state index in [-0.39, 0.29) is 11.7 Å². The molecule has 1 aromatic carbocycles. The van der Waals surface area contributed by atoms with Crippen molar-refractivity contribution in [3.63, 3.8) is 0 Å².